The molecule has 0 amide bonds. The summed E-state index contributed by atoms with van der Waals surface area (Å²) >= 11 is 0.419. The zero-order chi connectivity index (χ0) is 7.40. The molecule has 0 aliphatic rings. The molecule has 0 bridgehead atoms. The first kappa shape index (κ1) is 8.05. The molecule has 0 N–H and O–H groups in total. The number of hydrogen-bond acceptors (Lipinski definition) is 0. The molecule has 0 radical (unpaired) electrons. The second kappa shape index (κ2) is 3.96. The van der Waals surface area contributed by atoms with Gasteiger partial charge in [-0.05, 0) is 0 Å². The van der Waals surface area contributed by atoms with Crippen molar-refractivity contribution in [2.24, 2.45) is 0 Å². The topological polar surface area (TPSA) is 0 Å². The molecule has 0 aliphatic heterocycles. The maximum absolute atomic E-state index is 2.32. The first-order valence-corrected chi connectivity index (χ1v) is 7.00. The summed E-state index contributed by atoms with van der Waals surface area (Å²) in [5.74, 6) is 0. The molecule has 0 fully saturated rings. The number of hydrogen-bond donors (Lipinski definition) is 0. The molecule has 1 rings (SSSR count). The number of halogens is 1. The van der Waals surface area contributed by atoms with Crippen LogP contribution < -0.4 is 21.2 Å². The summed E-state index contributed by atoms with van der Waals surface area (Å²) in [6.45, 7) is 2.13. The van der Waals surface area contributed by atoms with Crippen molar-refractivity contribution in [1.82, 2.24) is 0 Å². The Kier molecular flexibility index (Phi) is 3.19. The van der Waals surface area contributed by atoms with E-state index in [9.17, 15) is 0 Å². The van der Waals surface area contributed by atoms with Gasteiger partial charge in [-0.15, -0.1) is 0 Å². The monoisotopic (exact) mass is 247 g/mol. The average Bonchev–Trinajstić information content (AvgIpc) is 1.95. The molecular weight excluding hydrogens is 235 g/mol. The molecule has 0 nitrogen and oxygen atoms in total. The van der Waals surface area contributed by atoms with Gasteiger partial charge in [-0.1, -0.05) is 0 Å². The Morgan fingerprint density at radius 3 is 2.30 bits per heavy atom. The van der Waals surface area contributed by atoms with Crippen LogP contribution in [0.4, 0.5) is 0 Å². The van der Waals surface area contributed by atoms with Gasteiger partial charge >= 0.3 is 72.9 Å². The van der Waals surface area contributed by atoms with Crippen LogP contribution in [0.25, 0.3) is 0 Å². The molecule has 56 valence electrons. The Hall–Kier alpha value is -0.0500. The van der Waals surface area contributed by atoms with Gasteiger partial charge in [0.05, 0.1) is 0 Å². The molecule has 0 aromatic heterocycles. The third-order valence-corrected chi connectivity index (χ3v) is 3.05. The fraction of sp³-hybridized carbons (Fsp3) is 0.333. The van der Waals surface area contributed by atoms with Crippen LogP contribution in [0.3, 0.4) is 0 Å². The van der Waals surface area contributed by atoms with E-state index < -0.39 is 0 Å². The molecule has 1 heteroatoms. The minimum absolute atomic E-state index is 0.419. The molecular formula is C9H12I-. The summed E-state index contributed by atoms with van der Waals surface area (Å²) in [5.41, 5.74) is 2.86. The van der Waals surface area contributed by atoms with Gasteiger partial charge in [-0.2, -0.15) is 0 Å². The van der Waals surface area contributed by atoms with Crippen molar-refractivity contribution in [2.75, 3.05) is 4.93 Å². The van der Waals surface area contributed by atoms with Crippen molar-refractivity contribution >= 4 is 0 Å². The van der Waals surface area contributed by atoms with Crippen molar-refractivity contribution < 1.29 is 21.2 Å². The van der Waals surface area contributed by atoms with Crippen LogP contribution in [0.5, 0.6) is 0 Å². The van der Waals surface area contributed by atoms with Gasteiger partial charge < -0.3 is 0 Å². The van der Waals surface area contributed by atoms with E-state index in [0.29, 0.717) is 21.2 Å². The first-order chi connectivity index (χ1) is 4.83. The van der Waals surface area contributed by atoms with Gasteiger partial charge in [0.15, 0.2) is 0 Å². The first-order valence-electron chi connectivity index (χ1n) is 3.32. The summed E-state index contributed by atoms with van der Waals surface area (Å²) in [6, 6.07) is 8.85. The average molecular weight is 247 g/mol. The number of rotatable bonds is 2. The standard InChI is InChI=1S/C9H12I/c1-8-3-5-9(6-4-8)7-10-2/h3-6H,7H2,1-2H3/q-1. The quantitative estimate of drug-likeness (QED) is 0.475. The summed E-state index contributed by atoms with van der Waals surface area (Å²) in [7, 11) is 0. The van der Waals surface area contributed by atoms with Crippen molar-refractivity contribution in [1.29, 1.82) is 0 Å². The van der Waals surface area contributed by atoms with Crippen LogP contribution in [0.15, 0.2) is 24.3 Å². The fourth-order valence-electron chi connectivity index (χ4n) is 0.831. The van der Waals surface area contributed by atoms with Crippen molar-refractivity contribution in [3.63, 3.8) is 0 Å². The van der Waals surface area contributed by atoms with Gasteiger partial charge in [0.1, 0.15) is 0 Å². The molecule has 0 saturated carbocycles. The Morgan fingerprint density at radius 2 is 1.80 bits per heavy atom. The molecule has 0 atom stereocenters. The molecule has 1 aromatic rings. The number of benzene rings is 1. The van der Waals surface area contributed by atoms with E-state index in [-0.39, 0.29) is 0 Å². The Labute approximate surface area is 72.9 Å². The number of aryl methyl sites for hydroxylation is 1. The number of alkyl halides is 2. The SMILES string of the molecule is C[I-]Cc1ccc(C)cc1. The molecule has 0 saturated heterocycles. The van der Waals surface area contributed by atoms with E-state index in [2.05, 4.69) is 36.1 Å². The molecule has 0 aliphatic carbocycles. The minimum atomic E-state index is 0.419. The normalized spacial score (nSPS) is 10.2. The molecule has 0 heterocycles. The molecule has 0 spiro atoms. The Balaban J connectivity index is 2.69. The van der Waals surface area contributed by atoms with E-state index in [0.717, 1.165) is 0 Å². The molecule has 10 heavy (non-hydrogen) atoms. The second-order valence-electron chi connectivity index (χ2n) is 2.39. The predicted molar refractivity (Wildman–Crippen MR) is 40.8 cm³/mol. The summed E-state index contributed by atoms with van der Waals surface area (Å²) in [4.78, 5) is 2.32. The van der Waals surface area contributed by atoms with Gasteiger partial charge in [-0.25, -0.2) is 0 Å². The predicted octanol–water partition coefficient (Wildman–Crippen LogP) is -0.786. The summed E-state index contributed by atoms with van der Waals surface area (Å²) < 4.78 is 1.32. The summed E-state index contributed by atoms with van der Waals surface area (Å²) in [6.07, 6.45) is 0. The van der Waals surface area contributed by atoms with E-state index >= 15 is 0 Å². The third kappa shape index (κ3) is 2.29. The van der Waals surface area contributed by atoms with Crippen LogP contribution >= 0.6 is 0 Å². The molecule has 1 aromatic carbocycles. The molecule has 0 unspecified atom stereocenters. The maximum atomic E-state index is 2.32. The van der Waals surface area contributed by atoms with Crippen LogP contribution in [-0.2, 0) is 4.43 Å². The van der Waals surface area contributed by atoms with Crippen molar-refractivity contribution in [3.8, 4) is 0 Å². The second-order valence-corrected chi connectivity index (χ2v) is 4.67. The zero-order valence-electron chi connectivity index (χ0n) is 6.39. The van der Waals surface area contributed by atoms with E-state index in [1.165, 1.54) is 15.6 Å². The fourth-order valence-corrected chi connectivity index (χ4v) is 2.22. The van der Waals surface area contributed by atoms with Crippen molar-refractivity contribution in [3.05, 3.63) is 35.4 Å². The van der Waals surface area contributed by atoms with Crippen LogP contribution in [0, 0.1) is 6.92 Å². The third-order valence-electron chi connectivity index (χ3n) is 1.41. The van der Waals surface area contributed by atoms with Gasteiger partial charge in [0.25, 0.3) is 0 Å². The zero-order valence-corrected chi connectivity index (χ0v) is 8.55. The van der Waals surface area contributed by atoms with E-state index in [4.69, 9.17) is 0 Å². The van der Waals surface area contributed by atoms with Gasteiger partial charge in [-0.3, -0.25) is 0 Å². The van der Waals surface area contributed by atoms with E-state index in [1.54, 1.807) is 0 Å². The Bertz CT molecular complexity index is 188. The Morgan fingerprint density at radius 1 is 1.20 bits per heavy atom. The van der Waals surface area contributed by atoms with Crippen LogP contribution in [0.2, 0.25) is 0 Å². The van der Waals surface area contributed by atoms with Crippen LogP contribution in [-0.4, -0.2) is 4.93 Å². The van der Waals surface area contributed by atoms with E-state index in [1.807, 2.05) is 0 Å². The van der Waals surface area contributed by atoms with Gasteiger partial charge in [0, 0.05) is 0 Å². The van der Waals surface area contributed by atoms with Crippen LogP contribution in [0.1, 0.15) is 11.1 Å². The van der Waals surface area contributed by atoms with Crippen molar-refractivity contribution in [2.45, 2.75) is 11.4 Å². The van der Waals surface area contributed by atoms with Gasteiger partial charge in [0.2, 0.25) is 0 Å². The summed E-state index contributed by atoms with van der Waals surface area (Å²) in [5, 5.41) is 0.